The standard InChI is InChI=1S/C20H20N2O3/c1-2-12-22-18(13-8-4-3-5-9-13)21-19-16(20(22)24)17(23)14-10-6-7-11-15(14)25-19/h2,6-7,10-11,13H,1,3-5,8-9,12H2. The fourth-order valence-corrected chi connectivity index (χ4v) is 3.78. The average molecular weight is 336 g/mol. The number of benzene rings is 1. The Labute approximate surface area is 144 Å². The average Bonchev–Trinajstić information content (AvgIpc) is 2.64. The number of hydrogen-bond acceptors (Lipinski definition) is 4. The molecule has 5 heteroatoms. The van der Waals surface area contributed by atoms with E-state index in [2.05, 4.69) is 11.6 Å². The molecule has 2 aromatic heterocycles. The predicted molar refractivity (Wildman–Crippen MR) is 98.1 cm³/mol. The molecule has 25 heavy (non-hydrogen) atoms. The first-order chi connectivity index (χ1) is 12.2. The Balaban J connectivity index is 2.07. The van der Waals surface area contributed by atoms with Crippen molar-refractivity contribution in [3.8, 4) is 0 Å². The summed E-state index contributed by atoms with van der Waals surface area (Å²) < 4.78 is 7.42. The molecule has 0 saturated heterocycles. The summed E-state index contributed by atoms with van der Waals surface area (Å²) in [5.41, 5.74) is -0.0371. The van der Waals surface area contributed by atoms with Gasteiger partial charge in [-0.2, -0.15) is 4.98 Å². The summed E-state index contributed by atoms with van der Waals surface area (Å²) >= 11 is 0. The van der Waals surface area contributed by atoms with Crippen LogP contribution < -0.4 is 11.0 Å². The number of para-hydroxylation sites is 1. The molecule has 0 N–H and O–H groups in total. The molecule has 0 atom stereocenters. The summed E-state index contributed by atoms with van der Waals surface area (Å²) in [6.07, 6.45) is 7.17. The number of nitrogens with zero attached hydrogens (tertiary/aromatic N) is 2. The van der Waals surface area contributed by atoms with E-state index in [1.807, 2.05) is 0 Å². The molecular formula is C20H20N2O3. The normalized spacial score (nSPS) is 15.7. The summed E-state index contributed by atoms with van der Waals surface area (Å²) in [6.45, 7) is 4.09. The van der Waals surface area contributed by atoms with Gasteiger partial charge < -0.3 is 4.42 Å². The van der Waals surface area contributed by atoms with Crippen LogP contribution in [0, 0.1) is 0 Å². The highest BCUT2D eigenvalue weighted by molar-refractivity contribution is 5.87. The molecule has 4 rings (SSSR count). The van der Waals surface area contributed by atoms with Crippen LogP contribution in [0.25, 0.3) is 22.1 Å². The van der Waals surface area contributed by atoms with Gasteiger partial charge in [-0.15, -0.1) is 6.58 Å². The molecule has 1 fully saturated rings. The first kappa shape index (κ1) is 15.8. The Morgan fingerprint density at radius 1 is 1.20 bits per heavy atom. The Bertz CT molecular complexity index is 1070. The van der Waals surface area contributed by atoms with Crippen molar-refractivity contribution in [3.05, 3.63) is 63.3 Å². The van der Waals surface area contributed by atoms with Gasteiger partial charge in [0.05, 0.1) is 5.39 Å². The molecule has 0 bridgehead atoms. The number of allylic oxidation sites excluding steroid dienone is 1. The minimum Gasteiger partial charge on any atom is -0.437 e. The van der Waals surface area contributed by atoms with E-state index in [9.17, 15) is 9.59 Å². The third-order valence-corrected chi connectivity index (χ3v) is 5.01. The highest BCUT2D eigenvalue weighted by Crippen LogP contribution is 2.31. The summed E-state index contributed by atoms with van der Waals surface area (Å²) in [4.78, 5) is 30.5. The van der Waals surface area contributed by atoms with Gasteiger partial charge in [-0.3, -0.25) is 14.2 Å². The van der Waals surface area contributed by atoms with E-state index in [1.165, 1.54) is 6.42 Å². The van der Waals surface area contributed by atoms with E-state index < -0.39 is 0 Å². The second kappa shape index (κ2) is 6.31. The molecule has 1 aliphatic rings. The highest BCUT2D eigenvalue weighted by atomic mass is 16.3. The second-order valence-electron chi connectivity index (χ2n) is 6.62. The highest BCUT2D eigenvalue weighted by Gasteiger charge is 2.24. The van der Waals surface area contributed by atoms with Crippen LogP contribution in [0.4, 0.5) is 0 Å². The van der Waals surface area contributed by atoms with Crippen molar-refractivity contribution in [3.63, 3.8) is 0 Å². The number of rotatable bonds is 3. The van der Waals surface area contributed by atoms with Crippen LogP contribution in [0.3, 0.4) is 0 Å². The maximum absolute atomic E-state index is 13.1. The van der Waals surface area contributed by atoms with Crippen molar-refractivity contribution < 1.29 is 4.42 Å². The summed E-state index contributed by atoms with van der Waals surface area (Å²) in [5.74, 6) is 0.943. The van der Waals surface area contributed by atoms with Crippen LogP contribution in [0.5, 0.6) is 0 Å². The van der Waals surface area contributed by atoms with Crippen LogP contribution in [0.15, 0.2) is 50.9 Å². The van der Waals surface area contributed by atoms with Gasteiger partial charge in [0.1, 0.15) is 11.4 Å². The molecular weight excluding hydrogens is 316 g/mol. The number of fused-ring (bicyclic) bond motifs is 2. The lowest BCUT2D eigenvalue weighted by Gasteiger charge is -2.23. The third kappa shape index (κ3) is 2.60. The largest absolute Gasteiger partial charge is 0.437 e. The molecule has 1 aromatic carbocycles. The van der Waals surface area contributed by atoms with E-state index in [-0.39, 0.29) is 28.0 Å². The van der Waals surface area contributed by atoms with Crippen molar-refractivity contribution in [1.82, 2.24) is 9.55 Å². The molecule has 3 aromatic rings. The molecule has 0 radical (unpaired) electrons. The Morgan fingerprint density at radius 2 is 1.96 bits per heavy atom. The topological polar surface area (TPSA) is 65.1 Å². The van der Waals surface area contributed by atoms with Gasteiger partial charge in [-0.25, -0.2) is 0 Å². The van der Waals surface area contributed by atoms with E-state index in [0.717, 1.165) is 31.5 Å². The van der Waals surface area contributed by atoms with Crippen LogP contribution in [0.1, 0.15) is 43.8 Å². The molecule has 0 aliphatic heterocycles. The molecule has 0 spiro atoms. The number of hydrogen-bond donors (Lipinski definition) is 0. The van der Waals surface area contributed by atoms with E-state index in [0.29, 0.717) is 17.5 Å². The molecule has 1 saturated carbocycles. The molecule has 0 amide bonds. The van der Waals surface area contributed by atoms with Crippen molar-refractivity contribution >= 4 is 22.1 Å². The van der Waals surface area contributed by atoms with Crippen molar-refractivity contribution in [1.29, 1.82) is 0 Å². The van der Waals surface area contributed by atoms with Crippen molar-refractivity contribution in [2.45, 2.75) is 44.6 Å². The van der Waals surface area contributed by atoms with Gasteiger partial charge >= 0.3 is 0 Å². The minimum atomic E-state index is -0.329. The van der Waals surface area contributed by atoms with Gasteiger partial charge in [-0.1, -0.05) is 37.5 Å². The maximum atomic E-state index is 13.1. The zero-order valence-corrected chi connectivity index (χ0v) is 14.0. The first-order valence-electron chi connectivity index (χ1n) is 8.78. The fourth-order valence-electron chi connectivity index (χ4n) is 3.78. The molecule has 128 valence electrons. The van der Waals surface area contributed by atoms with Crippen molar-refractivity contribution in [2.75, 3.05) is 0 Å². The SMILES string of the molecule is C=CCn1c(C2CCCCC2)nc2oc3ccccc3c(=O)c2c1=O. The quantitative estimate of drug-likeness (QED) is 0.540. The predicted octanol–water partition coefficient (Wildman–Crippen LogP) is 3.74. The van der Waals surface area contributed by atoms with Crippen LogP contribution in [0.2, 0.25) is 0 Å². The Hall–Kier alpha value is -2.69. The van der Waals surface area contributed by atoms with Crippen molar-refractivity contribution in [2.24, 2.45) is 0 Å². The first-order valence-corrected chi connectivity index (χ1v) is 8.78. The van der Waals surface area contributed by atoms with Gasteiger partial charge in [0.15, 0.2) is 5.39 Å². The lowest BCUT2D eigenvalue weighted by Crippen LogP contribution is -2.30. The molecule has 1 aliphatic carbocycles. The maximum Gasteiger partial charge on any atom is 0.269 e. The van der Waals surface area contributed by atoms with Gasteiger partial charge in [0, 0.05) is 12.5 Å². The van der Waals surface area contributed by atoms with Gasteiger partial charge in [0.2, 0.25) is 11.1 Å². The summed E-state index contributed by atoms with van der Waals surface area (Å²) in [5, 5.41) is 0.435. The Morgan fingerprint density at radius 3 is 2.72 bits per heavy atom. The number of aromatic nitrogens is 2. The molecule has 5 nitrogen and oxygen atoms in total. The van der Waals surface area contributed by atoms with Gasteiger partial charge in [-0.05, 0) is 25.0 Å². The second-order valence-corrected chi connectivity index (χ2v) is 6.62. The molecule has 2 heterocycles. The monoisotopic (exact) mass is 336 g/mol. The van der Waals surface area contributed by atoms with Gasteiger partial charge in [0.25, 0.3) is 5.56 Å². The Kier molecular flexibility index (Phi) is 3.99. The van der Waals surface area contributed by atoms with E-state index in [1.54, 1.807) is 34.9 Å². The smallest absolute Gasteiger partial charge is 0.269 e. The minimum absolute atomic E-state index is 0.0279. The van der Waals surface area contributed by atoms with Crippen LogP contribution >= 0.6 is 0 Å². The van der Waals surface area contributed by atoms with E-state index in [4.69, 9.17) is 4.42 Å². The van der Waals surface area contributed by atoms with Crippen LogP contribution in [-0.4, -0.2) is 9.55 Å². The lowest BCUT2D eigenvalue weighted by molar-refractivity contribution is 0.412. The summed E-state index contributed by atoms with van der Waals surface area (Å²) in [7, 11) is 0. The zero-order valence-electron chi connectivity index (χ0n) is 14.0. The van der Waals surface area contributed by atoms with Crippen LogP contribution in [-0.2, 0) is 6.54 Å². The van der Waals surface area contributed by atoms with E-state index >= 15 is 0 Å². The lowest BCUT2D eigenvalue weighted by atomic mass is 9.88. The zero-order chi connectivity index (χ0) is 17.4. The molecule has 0 unspecified atom stereocenters. The third-order valence-electron chi connectivity index (χ3n) is 5.01. The summed E-state index contributed by atoms with van der Waals surface area (Å²) in [6, 6.07) is 6.97. The fraction of sp³-hybridized carbons (Fsp3) is 0.350.